The molecule has 0 bridgehead atoms. The lowest BCUT2D eigenvalue weighted by molar-refractivity contribution is 0.0246. The molecular weight excluding hydrogens is 322 g/mol. The molecular formula is C14H16BrN3O2. The molecule has 0 amide bonds. The summed E-state index contributed by atoms with van der Waals surface area (Å²) in [6.45, 7) is 2.49. The Labute approximate surface area is 125 Å². The lowest BCUT2D eigenvalue weighted by atomic mass is 10.1. The zero-order valence-electron chi connectivity index (χ0n) is 11.0. The van der Waals surface area contributed by atoms with Crippen molar-refractivity contribution in [2.24, 2.45) is 0 Å². The Kier molecular flexibility index (Phi) is 4.44. The van der Waals surface area contributed by atoms with Crippen molar-refractivity contribution in [3.05, 3.63) is 46.0 Å². The third-order valence-corrected chi connectivity index (χ3v) is 3.72. The normalized spacial score (nSPS) is 19.1. The summed E-state index contributed by atoms with van der Waals surface area (Å²) in [4.78, 5) is 4.42. The fourth-order valence-corrected chi connectivity index (χ4v) is 2.44. The minimum atomic E-state index is 0.129. The van der Waals surface area contributed by atoms with Gasteiger partial charge in [-0.2, -0.15) is 4.98 Å². The van der Waals surface area contributed by atoms with Crippen LogP contribution in [0.25, 0.3) is 0 Å². The van der Waals surface area contributed by atoms with E-state index < -0.39 is 0 Å². The molecule has 1 aromatic carbocycles. The molecule has 1 fully saturated rings. The van der Waals surface area contributed by atoms with Gasteiger partial charge in [0.1, 0.15) is 0 Å². The first-order chi connectivity index (χ1) is 9.79. The second kappa shape index (κ2) is 6.47. The van der Waals surface area contributed by atoms with E-state index in [-0.39, 0.29) is 6.10 Å². The van der Waals surface area contributed by atoms with Crippen LogP contribution in [0, 0.1) is 0 Å². The zero-order valence-corrected chi connectivity index (χ0v) is 12.6. The maximum absolute atomic E-state index is 5.63. The number of ether oxygens (including phenoxy) is 1. The van der Waals surface area contributed by atoms with Crippen LogP contribution in [0.3, 0.4) is 0 Å². The Hall–Kier alpha value is -1.24. The summed E-state index contributed by atoms with van der Waals surface area (Å²) < 4.78 is 12.0. The Bertz CT molecular complexity index is 550. The highest BCUT2D eigenvalue weighted by atomic mass is 79.9. The van der Waals surface area contributed by atoms with E-state index in [1.165, 1.54) is 0 Å². The maximum atomic E-state index is 5.63. The Balaban J connectivity index is 1.60. The molecule has 6 heteroatoms. The summed E-state index contributed by atoms with van der Waals surface area (Å²) in [7, 11) is 0. The van der Waals surface area contributed by atoms with Gasteiger partial charge in [0.05, 0.1) is 19.1 Å². The van der Waals surface area contributed by atoms with Crippen molar-refractivity contribution in [1.82, 2.24) is 15.5 Å². The predicted molar refractivity (Wildman–Crippen MR) is 77.6 cm³/mol. The number of hydrogen-bond acceptors (Lipinski definition) is 5. The second-order valence-electron chi connectivity index (χ2n) is 4.81. The Morgan fingerprint density at radius 3 is 2.90 bits per heavy atom. The lowest BCUT2D eigenvalue weighted by Crippen LogP contribution is -2.39. The number of hydrogen-bond donors (Lipinski definition) is 1. The molecule has 0 aliphatic carbocycles. The molecule has 5 nitrogen and oxygen atoms in total. The third kappa shape index (κ3) is 3.65. The van der Waals surface area contributed by atoms with Gasteiger partial charge < -0.3 is 14.6 Å². The van der Waals surface area contributed by atoms with Gasteiger partial charge in [-0.1, -0.05) is 33.2 Å². The van der Waals surface area contributed by atoms with Gasteiger partial charge in [0.15, 0.2) is 5.82 Å². The van der Waals surface area contributed by atoms with Crippen LogP contribution >= 0.6 is 15.9 Å². The lowest BCUT2D eigenvalue weighted by Gasteiger charge is -2.21. The molecule has 2 heterocycles. The van der Waals surface area contributed by atoms with E-state index in [4.69, 9.17) is 9.26 Å². The standard InChI is InChI=1S/C14H16BrN3O2/c15-11-3-1-10(2-4-11)7-13-17-14(20-18-13)8-12-9-16-5-6-19-12/h1-4,12,16H,5-9H2. The topological polar surface area (TPSA) is 60.2 Å². The van der Waals surface area contributed by atoms with Crippen molar-refractivity contribution < 1.29 is 9.26 Å². The molecule has 0 saturated carbocycles. The van der Waals surface area contributed by atoms with Crippen molar-refractivity contribution in [2.45, 2.75) is 18.9 Å². The van der Waals surface area contributed by atoms with E-state index in [0.717, 1.165) is 29.7 Å². The first kappa shape index (κ1) is 13.7. The summed E-state index contributed by atoms with van der Waals surface area (Å²) >= 11 is 3.42. The van der Waals surface area contributed by atoms with E-state index in [1.54, 1.807) is 0 Å². The number of nitrogens with zero attached hydrogens (tertiary/aromatic N) is 2. The second-order valence-corrected chi connectivity index (χ2v) is 5.72. The third-order valence-electron chi connectivity index (χ3n) is 3.19. The number of rotatable bonds is 4. The molecule has 20 heavy (non-hydrogen) atoms. The Morgan fingerprint density at radius 1 is 1.30 bits per heavy atom. The van der Waals surface area contributed by atoms with Gasteiger partial charge in [-0.15, -0.1) is 0 Å². The minimum absolute atomic E-state index is 0.129. The van der Waals surface area contributed by atoms with Crippen LogP contribution in [-0.2, 0) is 17.6 Å². The zero-order chi connectivity index (χ0) is 13.8. The molecule has 0 radical (unpaired) electrons. The van der Waals surface area contributed by atoms with Crippen LogP contribution in [0.15, 0.2) is 33.3 Å². The van der Waals surface area contributed by atoms with Crippen LogP contribution in [-0.4, -0.2) is 35.9 Å². The predicted octanol–water partition coefficient (Wildman–Crippen LogP) is 1.95. The molecule has 2 aromatic rings. The molecule has 106 valence electrons. The Morgan fingerprint density at radius 2 is 2.15 bits per heavy atom. The molecule has 1 aromatic heterocycles. The molecule has 1 aliphatic rings. The monoisotopic (exact) mass is 337 g/mol. The van der Waals surface area contributed by atoms with Gasteiger partial charge in [0, 0.05) is 24.0 Å². The van der Waals surface area contributed by atoms with Gasteiger partial charge in [-0.05, 0) is 17.7 Å². The number of benzene rings is 1. The number of halogens is 1. The molecule has 1 unspecified atom stereocenters. The van der Waals surface area contributed by atoms with E-state index in [9.17, 15) is 0 Å². The van der Waals surface area contributed by atoms with E-state index in [2.05, 4.69) is 31.4 Å². The van der Waals surface area contributed by atoms with Gasteiger partial charge in [0.25, 0.3) is 0 Å². The number of morpholine rings is 1. The summed E-state index contributed by atoms with van der Waals surface area (Å²) in [5.74, 6) is 1.36. The van der Waals surface area contributed by atoms with E-state index in [1.807, 2.05) is 24.3 Å². The average Bonchev–Trinajstić information content (AvgIpc) is 2.90. The smallest absolute Gasteiger partial charge is 0.229 e. The summed E-state index contributed by atoms with van der Waals surface area (Å²) in [6.07, 6.45) is 1.48. The van der Waals surface area contributed by atoms with Gasteiger partial charge in [-0.25, -0.2) is 0 Å². The highest BCUT2D eigenvalue weighted by molar-refractivity contribution is 9.10. The molecule has 3 rings (SSSR count). The average molecular weight is 338 g/mol. The van der Waals surface area contributed by atoms with Crippen molar-refractivity contribution in [3.63, 3.8) is 0 Å². The van der Waals surface area contributed by atoms with Crippen molar-refractivity contribution in [1.29, 1.82) is 0 Å². The quantitative estimate of drug-likeness (QED) is 0.923. The summed E-state index contributed by atoms with van der Waals surface area (Å²) in [5.41, 5.74) is 1.16. The van der Waals surface area contributed by atoms with Crippen LogP contribution in [0.5, 0.6) is 0 Å². The number of nitrogens with one attached hydrogen (secondary N) is 1. The van der Waals surface area contributed by atoms with Gasteiger partial charge in [0.2, 0.25) is 5.89 Å². The first-order valence-electron chi connectivity index (χ1n) is 6.68. The molecule has 0 spiro atoms. The highest BCUT2D eigenvalue weighted by Crippen LogP contribution is 2.13. The summed E-state index contributed by atoms with van der Waals surface area (Å²) in [6, 6.07) is 8.12. The van der Waals surface area contributed by atoms with Crippen LogP contribution in [0.2, 0.25) is 0 Å². The maximum Gasteiger partial charge on any atom is 0.229 e. The largest absolute Gasteiger partial charge is 0.375 e. The molecule has 1 saturated heterocycles. The van der Waals surface area contributed by atoms with Crippen LogP contribution < -0.4 is 5.32 Å². The summed E-state index contributed by atoms with van der Waals surface area (Å²) in [5, 5.41) is 7.31. The van der Waals surface area contributed by atoms with E-state index >= 15 is 0 Å². The fourth-order valence-electron chi connectivity index (χ4n) is 2.18. The molecule has 1 N–H and O–H groups in total. The molecule has 1 aliphatic heterocycles. The van der Waals surface area contributed by atoms with E-state index in [0.29, 0.717) is 24.6 Å². The van der Waals surface area contributed by atoms with Crippen molar-refractivity contribution in [3.8, 4) is 0 Å². The van der Waals surface area contributed by atoms with Crippen molar-refractivity contribution >= 4 is 15.9 Å². The first-order valence-corrected chi connectivity index (χ1v) is 7.47. The minimum Gasteiger partial charge on any atom is -0.375 e. The van der Waals surface area contributed by atoms with Gasteiger partial charge >= 0.3 is 0 Å². The SMILES string of the molecule is Brc1ccc(Cc2noc(CC3CNCCO3)n2)cc1. The van der Waals surface area contributed by atoms with Crippen molar-refractivity contribution in [2.75, 3.05) is 19.7 Å². The fraction of sp³-hybridized carbons (Fsp3) is 0.429. The van der Waals surface area contributed by atoms with Gasteiger partial charge in [-0.3, -0.25) is 0 Å². The van der Waals surface area contributed by atoms with Crippen LogP contribution in [0.4, 0.5) is 0 Å². The highest BCUT2D eigenvalue weighted by Gasteiger charge is 2.17. The molecule has 1 atom stereocenters. The van der Waals surface area contributed by atoms with Crippen LogP contribution in [0.1, 0.15) is 17.3 Å². The number of aromatic nitrogens is 2.